The van der Waals surface area contributed by atoms with Gasteiger partial charge >= 0.3 is 0 Å². The van der Waals surface area contributed by atoms with Gasteiger partial charge in [0, 0.05) is 24.9 Å². The van der Waals surface area contributed by atoms with Crippen LogP contribution < -0.4 is 11.1 Å². The summed E-state index contributed by atoms with van der Waals surface area (Å²) in [6, 6.07) is 2.93. The van der Waals surface area contributed by atoms with Gasteiger partial charge in [-0.15, -0.1) is 12.4 Å². The minimum Gasteiger partial charge on any atom is -0.356 e. The molecular formula is C13H17ClF2N2O2. The quantitative estimate of drug-likeness (QED) is 0.596. The highest BCUT2D eigenvalue weighted by Gasteiger charge is 2.11. The Labute approximate surface area is 122 Å². The van der Waals surface area contributed by atoms with Crippen LogP contribution in [0, 0.1) is 11.6 Å². The lowest BCUT2D eigenvalue weighted by atomic mass is 10.1. The van der Waals surface area contributed by atoms with Crippen molar-refractivity contribution in [3.05, 3.63) is 35.4 Å². The molecule has 1 aromatic carbocycles. The summed E-state index contributed by atoms with van der Waals surface area (Å²) >= 11 is 0. The number of benzene rings is 1. The lowest BCUT2D eigenvalue weighted by Gasteiger charge is -2.04. The van der Waals surface area contributed by atoms with Crippen LogP contribution in [0.25, 0.3) is 0 Å². The number of carbonyl (C=O) groups excluding carboxylic acids is 2. The van der Waals surface area contributed by atoms with Gasteiger partial charge in [0.1, 0.15) is 0 Å². The molecule has 112 valence electrons. The number of carbonyl (C=O) groups is 2. The fourth-order valence-corrected chi connectivity index (χ4v) is 1.46. The molecule has 20 heavy (non-hydrogen) atoms. The van der Waals surface area contributed by atoms with Crippen molar-refractivity contribution in [2.24, 2.45) is 5.73 Å². The molecule has 0 fully saturated rings. The molecule has 0 spiro atoms. The topological polar surface area (TPSA) is 72.2 Å². The standard InChI is InChI=1S/C13H16F2N2O2.ClH/c14-10-3-2-9(8-11(10)15)12(18)4-5-13(19)17-7-1-6-16;/h2-3,8H,1,4-7,16H2,(H,17,19);1H. The van der Waals surface area contributed by atoms with Gasteiger partial charge < -0.3 is 11.1 Å². The summed E-state index contributed by atoms with van der Waals surface area (Å²) in [5.74, 6) is -2.73. The number of ketones is 1. The summed E-state index contributed by atoms with van der Waals surface area (Å²) in [5, 5.41) is 2.61. The Morgan fingerprint density at radius 1 is 1.15 bits per heavy atom. The zero-order valence-electron chi connectivity index (χ0n) is 10.8. The molecule has 0 aliphatic carbocycles. The van der Waals surface area contributed by atoms with Crippen LogP contribution in [0.3, 0.4) is 0 Å². The Morgan fingerprint density at radius 3 is 2.45 bits per heavy atom. The Balaban J connectivity index is 0.00000361. The molecule has 7 heteroatoms. The minimum atomic E-state index is -1.07. The summed E-state index contributed by atoms with van der Waals surface area (Å²) in [5.41, 5.74) is 5.33. The van der Waals surface area contributed by atoms with Crippen molar-refractivity contribution in [1.29, 1.82) is 0 Å². The van der Waals surface area contributed by atoms with Crippen molar-refractivity contribution >= 4 is 24.1 Å². The van der Waals surface area contributed by atoms with Crippen LogP contribution >= 0.6 is 12.4 Å². The van der Waals surface area contributed by atoms with Crippen molar-refractivity contribution in [2.75, 3.05) is 13.1 Å². The molecule has 3 N–H and O–H groups in total. The first kappa shape index (κ1) is 18.5. The van der Waals surface area contributed by atoms with E-state index in [2.05, 4.69) is 5.32 Å². The molecule has 1 rings (SSSR count). The van der Waals surface area contributed by atoms with E-state index in [4.69, 9.17) is 5.73 Å². The van der Waals surface area contributed by atoms with E-state index in [1.165, 1.54) is 6.07 Å². The van der Waals surface area contributed by atoms with Crippen molar-refractivity contribution in [3.8, 4) is 0 Å². The highest BCUT2D eigenvalue weighted by Crippen LogP contribution is 2.11. The maximum Gasteiger partial charge on any atom is 0.220 e. The molecule has 0 saturated carbocycles. The molecule has 0 atom stereocenters. The van der Waals surface area contributed by atoms with E-state index in [0.717, 1.165) is 12.1 Å². The van der Waals surface area contributed by atoms with E-state index in [9.17, 15) is 18.4 Å². The first-order chi connectivity index (χ1) is 9.04. The Kier molecular flexibility index (Phi) is 8.67. The zero-order valence-corrected chi connectivity index (χ0v) is 11.6. The third-order valence-corrected chi connectivity index (χ3v) is 2.52. The van der Waals surface area contributed by atoms with Crippen LogP contribution in [0.4, 0.5) is 8.78 Å². The van der Waals surface area contributed by atoms with E-state index in [0.29, 0.717) is 19.5 Å². The Hall–Kier alpha value is -1.53. The fourth-order valence-electron chi connectivity index (χ4n) is 1.46. The highest BCUT2D eigenvalue weighted by atomic mass is 35.5. The maximum absolute atomic E-state index is 12.9. The van der Waals surface area contributed by atoms with Gasteiger partial charge in [-0.1, -0.05) is 0 Å². The fraction of sp³-hybridized carbons (Fsp3) is 0.385. The van der Waals surface area contributed by atoms with E-state index >= 15 is 0 Å². The van der Waals surface area contributed by atoms with Crippen molar-refractivity contribution in [2.45, 2.75) is 19.3 Å². The van der Waals surface area contributed by atoms with Gasteiger partial charge in [-0.3, -0.25) is 9.59 Å². The number of Topliss-reactive ketones (excluding diaryl/α,β-unsaturated/α-hetero) is 1. The second-order valence-electron chi connectivity index (χ2n) is 4.04. The van der Waals surface area contributed by atoms with Gasteiger partial charge in [-0.05, 0) is 31.2 Å². The van der Waals surface area contributed by atoms with Crippen LogP contribution in [-0.2, 0) is 4.79 Å². The van der Waals surface area contributed by atoms with Crippen LogP contribution in [0.5, 0.6) is 0 Å². The smallest absolute Gasteiger partial charge is 0.220 e. The summed E-state index contributed by atoms with van der Waals surface area (Å²) in [6.45, 7) is 0.947. The molecule has 0 aliphatic rings. The third-order valence-electron chi connectivity index (χ3n) is 2.52. The summed E-state index contributed by atoms with van der Waals surface area (Å²) in [6.07, 6.45) is 0.644. The molecule has 0 radical (unpaired) electrons. The SMILES string of the molecule is Cl.NCCCNC(=O)CCC(=O)c1ccc(F)c(F)c1. The largest absolute Gasteiger partial charge is 0.356 e. The van der Waals surface area contributed by atoms with Crippen LogP contribution in [0.15, 0.2) is 18.2 Å². The predicted molar refractivity (Wildman–Crippen MR) is 73.9 cm³/mol. The maximum atomic E-state index is 12.9. The summed E-state index contributed by atoms with van der Waals surface area (Å²) in [7, 11) is 0. The number of hydrogen-bond acceptors (Lipinski definition) is 3. The first-order valence-corrected chi connectivity index (χ1v) is 5.99. The molecule has 4 nitrogen and oxygen atoms in total. The molecule has 0 heterocycles. The van der Waals surface area contributed by atoms with Crippen LogP contribution in [-0.4, -0.2) is 24.8 Å². The Morgan fingerprint density at radius 2 is 1.85 bits per heavy atom. The number of nitrogens with two attached hydrogens (primary N) is 1. The van der Waals surface area contributed by atoms with Crippen LogP contribution in [0.1, 0.15) is 29.6 Å². The molecule has 1 amide bonds. The lowest BCUT2D eigenvalue weighted by molar-refractivity contribution is -0.121. The average molecular weight is 307 g/mol. The van der Waals surface area contributed by atoms with E-state index in [1.807, 2.05) is 0 Å². The second kappa shape index (κ2) is 9.39. The van der Waals surface area contributed by atoms with Gasteiger partial charge in [0.25, 0.3) is 0 Å². The van der Waals surface area contributed by atoms with Crippen molar-refractivity contribution in [3.63, 3.8) is 0 Å². The number of amides is 1. The van der Waals surface area contributed by atoms with Gasteiger partial charge in [0.05, 0.1) is 0 Å². The minimum absolute atomic E-state index is 0. The molecular weight excluding hydrogens is 290 g/mol. The van der Waals surface area contributed by atoms with Crippen molar-refractivity contribution < 1.29 is 18.4 Å². The molecule has 0 unspecified atom stereocenters. The monoisotopic (exact) mass is 306 g/mol. The van der Waals surface area contributed by atoms with Crippen LogP contribution in [0.2, 0.25) is 0 Å². The van der Waals surface area contributed by atoms with E-state index < -0.39 is 17.4 Å². The molecule has 0 aromatic heterocycles. The molecule has 0 aliphatic heterocycles. The van der Waals surface area contributed by atoms with E-state index in [1.54, 1.807) is 0 Å². The lowest BCUT2D eigenvalue weighted by Crippen LogP contribution is -2.26. The van der Waals surface area contributed by atoms with E-state index in [-0.39, 0.29) is 36.7 Å². The Bertz CT molecular complexity index is 470. The zero-order chi connectivity index (χ0) is 14.3. The number of rotatable bonds is 7. The van der Waals surface area contributed by atoms with Gasteiger partial charge in [-0.2, -0.15) is 0 Å². The number of nitrogens with one attached hydrogen (secondary N) is 1. The second-order valence-corrected chi connectivity index (χ2v) is 4.04. The van der Waals surface area contributed by atoms with Gasteiger partial charge in [0.2, 0.25) is 5.91 Å². The number of hydrogen-bond donors (Lipinski definition) is 2. The average Bonchev–Trinajstić information content (AvgIpc) is 2.39. The highest BCUT2D eigenvalue weighted by molar-refractivity contribution is 5.97. The molecule has 0 saturated heterocycles. The molecule has 1 aromatic rings. The van der Waals surface area contributed by atoms with Crippen molar-refractivity contribution in [1.82, 2.24) is 5.32 Å². The predicted octanol–water partition coefficient (Wildman–Crippen LogP) is 1.81. The normalized spacial score (nSPS) is 9.75. The molecule has 0 bridgehead atoms. The summed E-state index contributed by atoms with van der Waals surface area (Å²) in [4.78, 5) is 23.0. The van der Waals surface area contributed by atoms with Gasteiger partial charge in [0.15, 0.2) is 17.4 Å². The number of halogens is 3. The third kappa shape index (κ3) is 6.08. The first-order valence-electron chi connectivity index (χ1n) is 5.99. The van der Waals surface area contributed by atoms with Gasteiger partial charge in [-0.25, -0.2) is 8.78 Å². The summed E-state index contributed by atoms with van der Waals surface area (Å²) < 4.78 is 25.6.